The van der Waals surface area contributed by atoms with E-state index in [-0.39, 0.29) is 6.41 Å². The number of nitrogens with two attached hydrogens (primary N) is 2. The fraction of sp³-hybridized carbons (Fsp3) is 0.833. The fourth-order valence-electron chi connectivity index (χ4n) is 0. The minimum absolute atomic E-state index is 0.250. The molecule has 0 aliphatic heterocycles. The number of amides is 1. The SMILES string of the molecule is CC(C)C(C)N.NC=O. The summed E-state index contributed by atoms with van der Waals surface area (Å²) < 4.78 is 0. The lowest BCUT2D eigenvalue weighted by molar-refractivity contribution is -0.106. The van der Waals surface area contributed by atoms with Gasteiger partial charge in [0.25, 0.3) is 0 Å². The number of carbonyl (C=O) groups is 1. The molecule has 3 nitrogen and oxygen atoms in total. The zero-order valence-electron chi connectivity index (χ0n) is 6.29. The lowest BCUT2D eigenvalue weighted by Gasteiger charge is -2.05. The molecule has 3 heteroatoms. The molecule has 56 valence electrons. The van der Waals surface area contributed by atoms with Gasteiger partial charge in [-0.25, -0.2) is 0 Å². The summed E-state index contributed by atoms with van der Waals surface area (Å²) in [6.07, 6.45) is 0.250. The number of hydrogen-bond donors (Lipinski definition) is 2. The van der Waals surface area contributed by atoms with Crippen LogP contribution in [-0.4, -0.2) is 12.5 Å². The van der Waals surface area contributed by atoms with Crippen molar-refractivity contribution in [3.63, 3.8) is 0 Å². The van der Waals surface area contributed by atoms with Crippen LogP contribution in [0.3, 0.4) is 0 Å². The van der Waals surface area contributed by atoms with Crippen LogP contribution in [0.4, 0.5) is 0 Å². The Morgan fingerprint density at radius 2 is 1.44 bits per heavy atom. The molecule has 0 aromatic carbocycles. The molecule has 1 unspecified atom stereocenters. The van der Waals surface area contributed by atoms with E-state index in [1.165, 1.54) is 0 Å². The first-order valence-electron chi connectivity index (χ1n) is 2.97. The number of hydrogen-bond acceptors (Lipinski definition) is 2. The normalized spacial score (nSPS) is 11.7. The molecular weight excluding hydrogens is 116 g/mol. The number of carbonyl (C=O) groups excluding carboxylic acids is 1. The quantitative estimate of drug-likeness (QED) is 0.496. The van der Waals surface area contributed by atoms with Crippen LogP contribution in [0.15, 0.2) is 0 Å². The van der Waals surface area contributed by atoms with Gasteiger partial charge in [-0.05, 0) is 12.8 Å². The number of rotatable bonds is 1. The summed E-state index contributed by atoms with van der Waals surface area (Å²) in [6, 6.07) is 0.352. The van der Waals surface area contributed by atoms with Gasteiger partial charge in [0.15, 0.2) is 0 Å². The van der Waals surface area contributed by atoms with Gasteiger partial charge in [-0.2, -0.15) is 0 Å². The molecule has 4 N–H and O–H groups in total. The van der Waals surface area contributed by atoms with Crippen molar-refractivity contribution in [3.8, 4) is 0 Å². The van der Waals surface area contributed by atoms with Crippen LogP contribution in [0.2, 0.25) is 0 Å². The Morgan fingerprint density at radius 1 is 1.33 bits per heavy atom. The summed E-state index contributed by atoms with van der Waals surface area (Å²) in [7, 11) is 0. The van der Waals surface area contributed by atoms with Crippen molar-refractivity contribution in [3.05, 3.63) is 0 Å². The van der Waals surface area contributed by atoms with Gasteiger partial charge < -0.3 is 11.5 Å². The lowest BCUT2D eigenvalue weighted by atomic mass is 10.1. The van der Waals surface area contributed by atoms with Gasteiger partial charge in [0, 0.05) is 6.04 Å². The minimum Gasteiger partial charge on any atom is -0.372 e. The van der Waals surface area contributed by atoms with E-state index in [9.17, 15) is 0 Å². The van der Waals surface area contributed by atoms with E-state index in [2.05, 4.69) is 19.6 Å². The van der Waals surface area contributed by atoms with E-state index < -0.39 is 0 Å². The zero-order valence-corrected chi connectivity index (χ0v) is 6.29. The van der Waals surface area contributed by atoms with Crippen molar-refractivity contribution in [2.24, 2.45) is 17.4 Å². The first-order chi connectivity index (χ1) is 4.06. The Labute approximate surface area is 56.4 Å². The molecular formula is C6H16N2O. The maximum Gasteiger partial charge on any atom is 0.204 e. The molecule has 0 aliphatic rings. The predicted octanol–water partition coefficient (Wildman–Crippen LogP) is 0.0911. The van der Waals surface area contributed by atoms with Crippen molar-refractivity contribution in [2.45, 2.75) is 26.8 Å². The van der Waals surface area contributed by atoms with E-state index in [1.54, 1.807) is 0 Å². The Hall–Kier alpha value is -0.570. The summed E-state index contributed by atoms with van der Waals surface area (Å²) >= 11 is 0. The Morgan fingerprint density at radius 3 is 1.44 bits per heavy atom. The highest BCUT2D eigenvalue weighted by Crippen LogP contribution is 1.93. The van der Waals surface area contributed by atoms with E-state index in [4.69, 9.17) is 10.5 Å². The maximum atomic E-state index is 8.58. The Kier molecular flexibility index (Phi) is 9.29. The Bertz CT molecular complexity index is 56.1. The van der Waals surface area contributed by atoms with E-state index >= 15 is 0 Å². The molecule has 0 saturated heterocycles. The van der Waals surface area contributed by atoms with Crippen LogP contribution >= 0.6 is 0 Å². The third kappa shape index (κ3) is 18.6. The molecule has 0 rings (SSSR count). The molecule has 0 bridgehead atoms. The summed E-state index contributed by atoms with van der Waals surface area (Å²) in [5.74, 6) is 0.630. The summed E-state index contributed by atoms with van der Waals surface area (Å²) in [6.45, 7) is 6.25. The first kappa shape index (κ1) is 11.3. The molecule has 1 atom stereocenters. The van der Waals surface area contributed by atoms with Crippen LogP contribution in [0, 0.1) is 5.92 Å². The topological polar surface area (TPSA) is 69.1 Å². The van der Waals surface area contributed by atoms with Crippen molar-refractivity contribution in [2.75, 3.05) is 0 Å². The van der Waals surface area contributed by atoms with Crippen LogP contribution in [0.5, 0.6) is 0 Å². The third-order valence-electron chi connectivity index (χ3n) is 1.05. The third-order valence-corrected chi connectivity index (χ3v) is 1.05. The van der Waals surface area contributed by atoms with Gasteiger partial charge >= 0.3 is 0 Å². The molecule has 0 heterocycles. The molecule has 9 heavy (non-hydrogen) atoms. The average Bonchev–Trinajstić information content (AvgIpc) is 1.68. The fourth-order valence-corrected chi connectivity index (χ4v) is 0. The first-order valence-corrected chi connectivity index (χ1v) is 2.97. The van der Waals surface area contributed by atoms with Crippen molar-refractivity contribution in [1.82, 2.24) is 0 Å². The molecule has 0 aromatic heterocycles. The molecule has 0 saturated carbocycles. The number of primary amides is 1. The van der Waals surface area contributed by atoms with Gasteiger partial charge in [-0.15, -0.1) is 0 Å². The van der Waals surface area contributed by atoms with Crippen molar-refractivity contribution >= 4 is 6.41 Å². The predicted molar refractivity (Wildman–Crippen MR) is 38.7 cm³/mol. The van der Waals surface area contributed by atoms with Gasteiger partial charge in [0.05, 0.1) is 0 Å². The van der Waals surface area contributed by atoms with Gasteiger partial charge in [0.2, 0.25) is 6.41 Å². The lowest BCUT2D eigenvalue weighted by Crippen LogP contribution is -2.21. The Balaban J connectivity index is 0. The van der Waals surface area contributed by atoms with E-state index in [0.717, 1.165) is 0 Å². The molecule has 0 aliphatic carbocycles. The molecule has 0 fully saturated rings. The molecule has 0 radical (unpaired) electrons. The van der Waals surface area contributed by atoms with Crippen molar-refractivity contribution in [1.29, 1.82) is 0 Å². The van der Waals surface area contributed by atoms with Crippen LogP contribution in [0.25, 0.3) is 0 Å². The summed E-state index contributed by atoms with van der Waals surface area (Å²) in [5.41, 5.74) is 9.60. The highest BCUT2D eigenvalue weighted by molar-refractivity contribution is 5.42. The summed E-state index contributed by atoms with van der Waals surface area (Å²) in [5, 5.41) is 0. The highest BCUT2D eigenvalue weighted by Gasteiger charge is 1.95. The van der Waals surface area contributed by atoms with Gasteiger partial charge in [-0.1, -0.05) is 13.8 Å². The average molecular weight is 132 g/mol. The maximum absolute atomic E-state index is 8.58. The van der Waals surface area contributed by atoms with Crippen LogP contribution in [-0.2, 0) is 4.79 Å². The minimum atomic E-state index is 0.250. The molecule has 0 aromatic rings. The van der Waals surface area contributed by atoms with Gasteiger partial charge in [-0.3, -0.25) is 4.79 Å². The monoisotopic (exact) mass is 132 g/mol. The second kappa shape index (κ2) is 7.43. The smallest absolute Gasteiger partial charge is 0.204 e. The second-order valence-corrected chi connectivity index (χ2v) is 2.24. The van der Waals surface area contributed by atoms with E-state index in [1.807, 2.05) is 6.92 Å². The van der Waals surface area contributed by atoms with Crippen LogP contribution in [0.1, 0.15) is 20.8 Å². The molecule has 1 amide bonds. The summed E-state index contributed by atoms with van der Waals surface area (Å²) in [4.78, 5) is 8.58. The highest BCUT2D eigenvalue weighted by atomic mass is 16.1. The standard InChI is InChI=1S/C5H13N.CH3NO/c1-4(2)5(3)6;2-1-3/h4-5H,6H2,1-3H3;1H,(H2,2,3). The zero-order chi connectivity index (χ0) is 7.86. The van der Waals surface area contributed by atoms with Crippen LogP contribution < -0.4 is 11.5 Å². The van der Waals surface area contributed by atoms with Crippen molar-refractivity contribution < 1.29 is 4.79 Å². The van der Waals surface area contributed by atoms with Gasteiger partial charge in [0.1, 0.15) is 0 Å². The molecule has 0 spiro atoms. The largest absolute Gasteiger partial charge is 0.372 e. The second-order valence-electron chi connectivity index (χ2n) is 2.24. The van der Waals surface area contributed by atoms with E-state index in [0.29, 0.717) is 12.0 Å².